The topological polar surface area (TPSA) is 26.3 Å². The number of aryl methyl sites for hydroxylation is 1. The molecular formula is C13H13F3O2. The number of hydrogen-bond acceptors (Lipinski definition) is 2. The number of carbonyl (C=O) groups is 1. The summed E-state index contributed by atoms with van der Waals surface area (Å²) in [4.78, 5) is 11.4. The smallest absolute Gasteiger partial charge is 0.392 e. The molecule has 1 aromatic rings. The van der Waals surface area contributed by atoms with Crippen LogP contribution in [-0.2, 0) is 4.74 Å². The van der Waals surface area contributed by atoms with Crippen LogP contribution in [0.5, 0.6) is 0 Å². The highest BCUT2D eigenvalue weighted by Crippen LogP contribution is 2.56. The Morgan fingerprint density at radius 3 is 2.50 bits per heavy atom. The Bertz CT molecular complexity index is 480. The van der Waals surface area contributed by atoms with Gasteiger partial charge in [0.25, 0.3) is 0 Å². The van der Waals surface area contributed by atoms with Crippen molar-refractivity contribution in [1.29, 1.82) is 0 Å². The van der Waals surface area contributed by atoms with Crippen LogP contribution in [0, 0.1) is 12.8 Å². The normalized spacial score (nSPS) is 22.7. The summed E-state index contributed by atoms with van der Waals surface area (Å²) in [6.45, 7) is 1.70. The van der Waals surface area contributed by atoms with Gasteiger partial charge in [-0.3, -0.25) is 0 Å². The highest BCUT2D eigenvalue weighted by Gasteiger charge is 2.56. The first-order chi connectivity index (χ1) is 8.34. The van der Waals surface area contributed by atoms with Crippen molar-refractivity contribution >= 4 is 5.97 Å². The Morgan fingerprint density at radius 2 is 2.06 bits per heavy atom. The van der Waals surface area contributed by atoms with Gasteiger partial charge < -0.3 is 4.74 Å². The largest absolute Gasteiger partial charge is 0.465 e. The van der Waals surface area contributed by atoms with E-state index in [1.54, 1.807) is 19.1 Å². The number of hydrogen-bond donors (Lipinski definition) is 0. The van der Waals surface area contributed by atoms with Crippen molar-refractivity contribution in [3.05, 3.63) is 34.9 Å². The van der Waals surface area contributed by atoms with E-state index in [9.17, 15) is 18.0 Å². The monoisotopic (exact) mass is 258 g/mol. The van der Waals surface area contributed by atoms with Gasteiger partial charge in [-0.25, -0.2) is 4.79 Å². The van der Waals surface area contributed by atoms with E-state index in [1.807, 2.05) is 0 Å². The molecule has 1 aromatic carbocycles. The molecule has 2 atom stereocenters. The molecule has 98 valence electrons. The lowest BCUT2D eigenvalue weighted by Crippen LogP contribution is -2.11. The van der Waals surface area contributed by atoms with Gasteiger partial charge in [0.2, 0.25) is 0 Å². The van der Waals surface area contributed by atoms with Crippen LogP contribution in [-0.4, -0.2) is 19.3 Å². The zero-order valence-electron chi connectivity index (χ0n) is 10.0. The van der Waals surface area contributed by atoms with Gasteiger partial charge in [-0.1, -0.05) is 12.1 Å². The Morgan fingerprint density at radius 1 is 1.39 bits per heavy atom. The minimum atomic E-state index is -4.13. The Hall–Kier alpha value is -1.52. The van der Waals surface area contributed by atoms with Crippen molar-refractivity contribution in [2.75, 3.05) is 7.11 Å². The Balaban J connectivity index is 2.19. The van der Waals surface area contributed by atoms with E-state index < -0.39 is 24.0 Å². The summed E-state index contributed by atoms with van der Waals surface area (Å²) in [5.41, 5.74) is 1.68. The summed E-state index contributed by atoms with van der Waals surface area (Å²) >= 11 is 0. The van der Waals surface area contributed by atoms with Gasteiger partial charge in [-0.2, -0.15) is 13.2 Å². The van der Waals surface area contributed by atoms with Crippen LogP contribution in [0.2, 0.25) is 0 Å². The number of carbonyl (C=O) groups excluding carboxylic acids is 1. The number of methoxy groups -OCH3 is 1. The predicted octanol–water partition coefficient (Wildman–Crippen LogP) is 3.45. The van der Waals surface area contributed by atoms with Gasteiger partial charge in [0.15, 0.2) is 0 Å². The van der Waals surface area contributed by atoms with Crippen molar-refractivity contribution in [3.63, 3.8) is 0 Å². The van der Waals surface area contributed by atoms with Crippen molar-refractivity contribution in [1.82, 2.24) is 0 Å². The summed E-state index contributed by atoms with van der Waals surface area (Å²) < 4.78 is 42.0. The molecule has 18 heavy (non-hydrogen) atoms. The third-order valence-corrected chi connectivity index (χ3v) is 3.29. The summed E-state index contributed by atoms with van der Waals surface area (Å²) in [5.74, 6) is -2.17. The lowest BCUT2D eigenvalue weighted by atomic mass is 10.0. The molecule has 1 aliphatic carbocycles. The van der Waals surface area contributed by atoms with E-state index in [0.29, 0.717) is 16.7 Å². The second-order valence-electron chi connectivity index (χ2n) is 4.56. The van der Waals surface area contributed by atoms with Gasteiger partial charge in [-0.05, 0) is 36.5 Å². The standard InChI is InChI=1S/C13H13F3O2/c1-7-5-8(3-4-9(7)12(17)18-2)10-6-11(10)13(14,15)16/h3-5,10-11H,6H2,1-2H3/t10?,11-/m0/s1. The lowest BCUT2D eigenvalue weighted by Gasteiger charge is -2.08. The average molecular weight is 258 g/mol. The number of halogens is 3. The number of ether oxygens (including phenoxy) is 1. The summed E-state index contributed by atoms with van der Waals surface area (Å²) in [7, 11) is 1.27. The van der Waals surface area contributed by atoms with Gasteiger partial charge in [0.1, 0.15) is 0 Å². The van der Waals surface area contributed by atoms with E-state index in [4.69, 9.17) is 0 Å². The van der Waals surface area contributed by atoms with Crippen molar-refractivity contribution < 1.29 is 22.7 Å². The van der Waals surface area contributed by atoms with E-state index >= 15 is 0 Å². The van der Waals surface area contributed by atoms with Crippen LogP contribution in [0.3, 0.4) is 0 Å². The fraction of sp³-hybridized carbons (Fsp3) is 0.462. The van der Waals surface area contributed by atoms with E-state index in [0.717, 1.165) is 0 Å². The van der Waals surface area contributed by atoms with Crippen molar-refractivity contribution in [3.8, 4) is 0 Å². The van der Waals surface area contributed by atoms with Gasteiger partial charge in [-0.15, -0.1) is 0 Å². The summed E-state index contributed by atoms with van der Waals surface area (Å²) in [6.07, 6.45) is -3.99. The van der Waals surface area contributed by atoms with Crippen LogP contribution >= 0.6 is 0 Å². The Labute approximate surface area is 103 Å². The van der Waals surface area contributed by atoms with Crippen LogP contribution in [0.4, 0.5) is 13.2 Å². The lowest BCUT2D eigenvalue weighted by molar-refractivity contribution is -0.148. The van der Waals surface area contributed by atoms with Crippen molar-refractivity contribution in [2.45, 2.75) is 25.4 Å². The minimum Gasteiger partial charge on any atom is -0.465 e. The van der Waals surface area contributed by atoms with Gasteiger partial charge in [0, 0.05) is 0 Å². The van der Waals surface area contributed by atoms with Crippen LogP contribution in [0.25, 0.3) is 0 Å². The molecule has 2 nitrogen and oxygen atoms in total. The molecule has 0 spiro atoms. The minimum absolute atomic E-state index is 0.139. The first kappa shape index (κ1) is 12.9. The number of esters is 1. The molecule has 1 saturated carbocycles. The maximum atomic E-state index is 12.5. The zero-order chi connectivity index (χ0) is 13.5. The highest BCUT2D eigenvalue weighted by molar-refractivity contribution is 5.91. The molecule has 0 bridgehead atoms. The first-order valence-electron chi connectivity index (χ1n) is 5.60. The molecule has 0 heterocycles. The Kier molecular flexibility index (Phi) is 3.09. The van der Waals surface area contributed by atoms with Crippen LogP contribution < -0.4 is 0 Å². The molecule has 0 amide bonds. The quantitative estimate of drug-likeness (QED) is 0.759. The zero-order valence-corrected chi connectivity index (χ0v) is 10.0. The average Bonchev–Trinajstić information content (AvgIpc) is 3.07. The number of benzene rings is 1. The molecule has 0 aromatic heterocycles. The van der Waals surface area contributed by atoms with Crippen LogP contribution in [0.1, 0.15) is 33.8 Å². The molecule has 0 aliphatic heterocycles. The second-order valence-corrected chi connectivity index (χ2v) is 4.56. The summed E-state index contributed by atoms with van der Waals surface area (Å²) in [5, 5.41) is 0. The SMILES string of the molecule is COC(=O)c1ccc(C2C[C@@H]2C(F)(F)F)cc1C. The molecule has 1 fully saturated rings. The third kappa shape index (κ3) is 2.35. The second kappa shape index (κ2) is 4.30. The van der Waals surface area contributed by atoms with E-state index in [2.05, 4.69) is 4.74 Å². The predicted molar refractivity (Wildman–Crippen MR) is 59.4 cm³/mol. The maximum absolute atomic E-state index is 12.5. The number of alkyl halides is 3. The molecule has 2 rings (SSSR count). The summed E-state index contributed by atoms with van der Waals surface area (Å²) in [6, 6.07) is 4.75. The molecular weight excluding hydrogens is 245 g/mol. The molecule has 0 radical (unpaired) electrons. The van der Waals surface area contributed by atoms with Crippen LogP contribution in [0.15, 0.2) is 18.2 Å². The van der Waals surface area contributed by atoms with Gasteiger partial charge in [0.05, 0.1) is 18.6 Å². The molecule has 5 heteroatoms. The van der Waals surface area contributed by atoms with E-state index in [1.165, 1.54) is 13.2 Å². The molecule has 1 aliphatic rings. The third-order valence-electron chi connectivity index (χ3n) is 3.29. The first-order valence-corrected chi connectivity index (χ1v) is 5.60. The van der Waals surface area contributed by atoms with Crippen molar-refractivity contribution in [2.24, 2.45) is 5.92 Å². The van der Waals surface area contributed by atoms with E-state index in [-0.39, 0.29) is 6.42 Å². The fourth-order valence-electron chi connectivity index (χ4n) is 2.18. The molecule has 0 N–H and O–H groups in total. The highest BCUT2D eigenvalue weighted by atomic mass is 19.4. The van der Waals surface area contributed by atoms with Gasteiger partial charge >= 0.3 is 12.1 Å². The molecule has 1 unspecified atom stereocenters. The maximum Gasteiger partial charge on any atom is 0.392 e. The molecule has 0 saturated heterocycles. The fourth-order valence-corrected chi connectivity index (χ4v) is 2.18. The number of rotatable bonds is 2.